The van der Waals surface area contributed by atoms with Gasteiger partial charge in [-0.15, -0.1) is 0 Å². The number of anilines is 2. The van der Waals surface area contributed by atoms with Gasteiger partial charge < -0.3 is 25.2 Å². The summed E-state index contributed by atoms with van der Waals surface area (Å²) in [6.45, 7) is 2.57. The molecule has 2 aromatic heterocycles. The molecular weight excluding hydrogens is 474 g/mol. The molecule has 3 aromatic rings. The van der Waals surface area contributed by atoms with Crippen LogP contribution in [-0.4, -0.2) is 46.4 Å². The third-order valence-corrected chi connectivity index (χ3v) is 6.33. The molecule has 0 radical (unpaired) electrons. The highest BCUT2D eigenvalue weighted by Gasteiger charge is 2.24. The van der Waals surface area contributed by atoms with Crippen molar-refractivity contribution in [3.8, 4) is 11.5 Å². The van der Waals surface area contributed by atoms with Gasteiger partial charge in [0.25, 0.3) is 0 Å². The van der Waals surface area contributed by atoms with Gasteiger partial charge in [0.2, 0.25) is 0 Å². The number of rotatable bonds is 8. The third kappa shape index (κ3) is 4.73. The summed E-state index contributed by atoms with van der Waals surface area (Å²) in [4.78, 5) is 14.3. The van der Waals surface area contributed by atoms with Crippen LogP contribution < -0.4 is 20.1 Å². The van der Waals surface area contributed by atoms with Crippen molar-refractivity contribution in [1.82, 2.24) is 15.0 Å². The summed E-state index contributed by atoms with van der Waals surface area (Å²) in [5.74, 6) is 2.91. The van der Waals surface area contributed by atoms with Crippen LogP contribution in [0.15, 0.2) is 28.9 Å². The number of benzene rings is 1. The van der Waals surface area contributed by atoms with E-state index in [1.54, 1.807) is 20.4 Å². The summed E-state index contributed by atoms with van der Waals surface area (Å²) in [5.41, 5.74) is 3.31. The molecule has 0 aliphatic heterocycles. The Kier molecular flexibility index (Phi) is 6.95. The predicted molar refractivity (Wildman–Crippen MR) is 129 cm³/mol. The number of nitrogens with zero attached hydrogens (tertiary/aromatic N) is 3. The molecule has 8 nitrogen and oxygen atoms in total. The van der Waals surface area contributed by atoms with Crippen molar-refractivity contribution in [3.63, 3.8) is 0 Å². The fourth-order valence-electron chi connectivity index (χ4n) is 4.00. The van der Waals surface area contributed by atoms with E-state index in [1.807, 2.05) is 18.2 Å². The molecule has 9 heteroatoms. The predicted octanol–water partition coefficient (Wildman–Crippen LogP) is 4.30. The number of aliphatic hydroxyl groups is 1. The van der Waals surface area contributed by atoms with Crippen LogP contribution in [0.25, 0.3) is 11.0 Å². The van der Waals surface area contributed by atoms with E-state index in [1.165, 1.54) is 0 Å². The van der Waals surface area contributed by atoms with Gasteiger partial charge in [-0.2, -0.15) is 0 Å². The Morgan fingerprint density at radius 1 is 1.12 bits per heavy atom. The van der Waals surface area contributed by atoms with Crippen LogP contribution in [-0.2, 0) is 13.0 Å². The normalized spacial score (nSPS) is 18.0. The molecule has 3 N–H and O–H groups in total. The van der Waals surface area contributed by atoms with Gasteiger partial charge in [-0.25, -0.2) is 15.0 Å². The van der Waals surface area contributed by atoms with E-state index in [9.17, 15) is 5.11 Å². The van der Waals surface area contributed by atoms with Crippen molar-refractivity contribution in [1.29, 1.82) is 0 Å². The van der Waals surface area contributed by atoms with E-state index in [0.717, 1.165) is 64.2 Å². The summed E-state index contributed by atoms with van der Waals surface area (Å²) in [7, 11) is 3.27. The molecular formula is C23H28BrN5O3. The molecule has 4 rings (SSSR count). The highest BCUT2D eigenvalue weighted by molar-refractivity contribution is 9.10. The van der Waals surface area contributed by atoms with Gasteiger partial charge in [0.15, 0.2) is 5.82 Å². The molecule has 1 aliphatic rings. The van der Waals surface area contributed by atoms with Gasteiger partial charge in [0.1, 0.15) is 28.4 Å². The Morgan fingerprint density at radius 2 is 1.97 bits per heavy atom. The maximum Gasteiger partial charge on any atom is 0.154 e. The van der Waals surface area contributed by atoms with Crippen molar-refractivity contribution in [2.75, 3.05) is 24.9 Å². The number of methoxy groups -OCH3 is 2. The Balaban J connectivity index is 1.63. The van der Waals surface area contributed by atoms with E-state index in [0.29, 0.717) is 17.9 Å². The van der Waals surface area contributed by atoms with E-state index in [-0.39, 0.29) is 12.1 Å². The molecule has 32 heavy (non-hydrogen) atoms. The molecule has 0 saturated heterocycles. The first-order valence-corrected chi connectivity index (χ1v) is 11.6. The Morgan fingerprint density at radius 3 is 2.66 bits per heavy atom. The average Bonchev–Trinajstić information content (AvgIpc) is 3.22. The number of fused-ring (bicyclic) bond motifs is 1. The van der Waals surface area contributed by atoms with Crippen molar-refractivity contribution in [3.05, 3.63) is 40.1 Å². The molecule has 1 aliphatic carbocycles. The minimum absolute atomic E-state index is 0.211. The minimum Gasteiger partial charge on any atom is -0.497 e. The summed E-state index contributed by atoms with van der Waals surface area (Å²) >= 11 is 3.57. The molecule has 0 amide bonds. The van der Waals surface area contributed by atoms with Crippen LogP contribution in [0.1, 0.15) is 37.4 Å². The highest BCUT2D eigenvalue weighted by atomic mass is 79.9. The largest absolute Gasteiger partial charge is 0.497 e. The first-order valence-electron chi connectivity index (χ1n) is 10.8. The zero-order valence-corrected chi connectivity index (χ0v) is 20.1. The number of halogens is 1. The van der Waals surface area contributed by atoms with E-state index in [4.69, 9.17) is 19.4 Å². The molecule has 1 saturated carbocycles. The van der Waals surface area contributed by atoms with E-state index in [2.05, 4.69) is 38.5 Å². The van der Waals surface area contributed by atoms with Crippen LogP contribution in [0, 0.1) is 0 Å². The number of hydrogen-bond donors (Lipinski definition) is 3. The molecule has 1 fully saturated rings. The second-order valence-corrected chi connectivity index (χ2v) is 8.72. The maximum atomic E-state index is 9.86. The second-order valence-electron chi connectivity index (χ2n) is 7.86. The number of aryl methyl sites for hydroxylation is 1. The van der Waals surface area contributed by atoms with Crippen molar-refractivity contribution < 1.29 is 14.6 Å². The molecule has 1 aromatic carbocycles. The number of aromatic nitrogens is 3. The van der Waals surface area contributed by atoms with Crippen LogP contribution >= 0.6 is 15.9 Å². The topological polar surface area (TPSA) is 101 Å². The lowest BCUT2D eigenvalue weighted by atomic mass is 10.2. The number of ether oxygens (including phenoxy) is 2. The lowest BCUT2D eigenvalue weighted by Crippen LogP contribution is -2.19. The third-order valence-electron chi connectivity index (χ3n) is 5.75. The summed E-state index contributed by atoms with van der Waals surface area (Å²) in [6.07, 6.45) is 4.71. The van der Waals surface area contributed by atoms with Gasteiger partial charge in [-0.05, 0) is 53.7 Å². The van der Waals surface area contributed by atoms with Crippen LogP contribution in [0.5, 0.6) is 11.5 Å². The fraction of sp³-hybridized carbons (Fsp3) is 0.435. The van der Waals surface area contributed by atoms with Gasteiger partial charge in [-0.3, -0.25) is 0 Å². The summed E-state index contributed by atoms with van der Waals surface area (Å²) in [6, 6.07) is 5.94. The number of hydrogen-bond acceptors (Lipinski definition) is 8. The van der Waals surface area contributed by atoms with Crippen LogP contribution in [0.4, 0.5) is 11.6 Å². The van der Waals surface area contributed by atoms with Crippen LogP contribution in [0.2, 0.25) is 0 Å². The molecule has 0 unspecified atom stereocenters. The van der Waals surface area contributed by atoms with Gasteiger partial charge in [-0.1, -0.05) is 6.92 Å². The lowest BCUT2D eigenvalue weighted by Gasteiger charge is -2.17. The van der Waals surface area contributed by atoms with Crippen molar-refractivity contribution >= 4 is 38.6 Å². The van der Waals surface area contributed by atoms with Gasteiger partial charge >= 0.3 is 0 Å². The van der Waals surface area contributed by atoms with Crippen LogP contribution in [0.3, 0.4) is 0 Å². The second kappa shape index (κ2) is 9.87. The smallest absolute Gasteiger partial charge is 0.154 e. The van der Waals surface area contributed by atoms with Crippen molar-refractivity contribution in [2.24, 2.45) is 0 Å². The standard InChI is InChI=1S/C23H28BrN5O3/c1-4-18-22(27-14-6-7-15(30)9-14)29-20-17(24)12-26-23(21(20)28-18)25-11-13-5-8-16(31-2)10-19(13)32-3/h5,8,10,12,14-15,30H,4,6-7,9,11H2,1-3H3,(H,25,26)(H,27,29)/t14-,15+/m1/s1. The average molecular weight is 502 g/mol. The molecule has 0 bridgehead atoms. The maximum absolute atomic E-state index is 9.86. The highest BCUT2D eigenvalue weighted by Crippen LogP contribution is 2.31. The SMILES string of the molecule is CCc1nc2c(NCc3ccc(OC)cc3OC)ncc(Br)c2nc1N[C@@H]1CC[C@H](O)C1. The Bertz CT molecular complexity index is 1110. The monoisotopic (exact) mass is 501 g/mol. The summed E-state index contributed by atoms with van der Waals surface area (Å²) < 4.78 is 11.6. The molecule has 2 atom stereocenters. The zero-order chi connectivity index (χ0) is 22.7. The van der Waals surface area contributed by atoms with Gasteiger partial charge in [0.05, 0.1) is 30.5 Å². The van der Waals surface area contributed by atoms with Gasteiger partial charge in [0, 0.05) is 30.4 Å². The van der Waals surface area contributed by atoms with E-state index >= 15 is 0 Å². The molecule has 0 spiro atoms. The first kappa shape index (κ1) is 22.5. The number of aliphatic hydroxyl groups excluding tert-OH is 1. The summed E-state index contributed by atoms with van der Waals surface area (Å²) in [5, 5.41) is 16.7. The molecule has 2 heterocycles. The zero-order valence-electron chi connectivity index (χ0n) is 18.5. The first-order chi connectivity index (χ1) is 15.5. The Labute approximate surface area is 195 Å². The lowest BCUT2D eigenvalue weighted by molar-refractivity contribution is 0.182. The quantitative estimate of drug-likeness (QED) is 0.419. The van der Waals surface area contributed by atoms with Crippen molar-refractivity contribution in [2.45, 2.75) is 51.3 Å². The fourth-order valence-corrected chi connectivity index (χ4v) is 4.37. The van der Waals surface area contributed by atoms with E-state index < -0.39 is 0 Å². The number of nitrogens with one attached hydrogen (secondary N) is 2. The number of pyridine rings is 1. The molecule has 170 valence electrons. The Hall–Kier alpha value is -2.65. The minimum atomic E-state index is -0.243.